The molecule has 6 heteroatoms. The van der Waals surface area contributed by atoms with Crippen molar-refractivity contribution in [3.05, 3.63) is 106 Å². The van der Waals surface area contributed by atoms with Crippen LogP contribution in [-0.4, -0.2) is 33.2 Å². The van der Waals surface area contributed by atoms with Gasteiger partial charge in [-0.15, -0.1) is 0 Å². The van der Waals surface area contributed by atoms with Crippen LogP contribution in [0.4, 0.5) is 4.39 Å². The first-order chi connectivity index (χ1) is 16.5. The molecular formula is C28H25FN2O3. The molecule has 5 rings (SSSR count). The van der Waals surface area contributed by atoms with Crippen molar-refractivity contribution in [2.75, 3.05) is 6.54 Å². The number of nitrogens with zero attached hydrogens (tertiary/aromatic N) is 2. The fraction of sp³-hybridized carbons (Fsp3) is 0.250. The van der Waals surface area contributed by atoms with Crippen LogP contribution in [-0.2, 0) is 28.9 Å². The second-order valence-corrected chi connectivity index (χ2v) is 8.85. The molecule has 0 bridgehead atoms. The number of carbonyl (C=O) groups is 2. The number of amides is 1. The third kappa shape index (κ3) is 4.12. The summed E-state index contributed by atoms with van der Waals surface area (Å²) in [5, 5.41) is 11.3. The van der Waals surface area contributed by atoms with Gasteiger partial charge in [0.1, 0.15) is 11.6 Å². The van der Waals surface area contributed by atoms with Crippen LogP contribution in [0.5, 0.6) is 0 Å². The number of halogens is 1. The molecule has 1 amide bonds. The van der Waals surface area contributed by atoms with E-state index in [4.69, 9.17) is 0 Å². The summed E-state index contributed by atoms with van der Waals surface area (Å²) >= 11 is 0. The van der Waals surface area contributed by atoms with Crippen LogP contribution in [0.15, 0.2) is 72.6 Å². The number of Topliss-reactive ketones (excluding diaryl/α,β-unsaturated/α-hetero) is 1. The van der Waals surface area contributed by atoms with Gasteiger partial charge in [0.25, 0.3) is 11.7 Å². The lowest BCUT2D eigenvalue weighted by atomic mass is 9.89. The number of aromatic nitrogens is 1. The van der Waals surface area contributed by atoms with Crippen molar-refractivity contribution in [3.63, 3.8) is 0 Å². The number of likely N-dealkylation sites (tertiary alicyclic amines) is 1. The minimum atomic E-state index is -0.745. The topological polar surface area (TPSA) is 70.5 Å². The Bertz CT molecular complexity index is 1270. The monoisotopic (exact) mass is 456 g/mol. The van der Waals surface area contributed by atoms with Gasteiger partial charge in [-0.05, 0) is 78.6 Å². The maximum Gasteiger partial charge on any atom is 0.295 e. The molecule has 1 saturated heterocycles. The normalized spacial score (nSPS) is 19.3. The first kappa shape index (κ1) is 22.0. The van der Waals surface area contributed by atoms with E-state index in [2.05, 4.69) is 4.98 Å². The molecule has 1 unspecified atom stereocenters. The Hall–Kier alpha value is -3.80. The van der Waals surface area contributed by atoms with Gasteiger partial charge < -0.3 is 10.0 Å². The summed E-state index contributed by atoms with van der Waals surface area (Å²) in [5.74, 6) is -1.85. The van der Waals surface area contributed by atoms with E-state index in [1.54, 1.807) is 36.7 Å². The van der Waals surface area contributed by atoms with Crippen molar-refractivity contribution in [2.24, 2.45) is 0 Å². The Morgan fingerprint density at radius 3 is 2.53 bits per heavy atom. The lowest BCUT2D eigenvalue weighted by molar-refractivity contribution is -0.139. The Balaban J connectivity index is 1.54. The van der Waals surface area contributed by atoms with Crippen LogP contribution in [0.1, 0.15) is 46.7 Å². The largest absolute Gasteiger partial charge is 0.507 e. The van der Waals surface area contributed by atoms with Gasteiger partial charge in [0.2, 0.25) is 0 Å². The smallest absolute Gasteiger partial charge is 0.295 e. The van der Waals surface area contributed by atoms with E-state index in [0.29, 0.717) is 17.5 Å². The molecule has 34 heavy (non-hydrogen) atoms. The second kappa shape index (κ2) is 9.21. The van der Waals surface area contributed by atoms with Crippen molar-refractivity contribution in [1.82, 2.24) is 9.88 Å². The van der Waals surface area contributed by atoms with Crippen LogP contribution in [0, 0.1) is 5.82 Å². The van der Waals surface area contributed by atoms with E-state index >= 15 is 0 Å². The zero-order valence-corrected chi connectivity index (χ0v) is 18.7. The summed E-state index contributed by atoms with van der Waals surface area (Å²) in [5.41, 5.74) is 4.58. The fourth-order valence-corrected chi connectivity index (χ4v) is 4.93. The number of rotatable bonds is 5. The molecule has 1 aliphatic heterocycles. The van der Waals surface area contributed by atoms with E-state index in [1.807, 2.05) is 18.2 Å². The van der Waals surface area contributed by atoms with Gasteiger partial charge in [-0.3, -0.25) is 14.6 Å². The zero-order valence-electron chi connectivity index (χ0n) is 18.7. The predicted octanol–water partition coefficient (Wildman–Crippen LogP) is 4.76. The predicted molar refractivity (Wildman–Crippen MR) is 126 cm³/mol. The van der Waals surface area contributed by atoms with Crippen LogP contribution in [0.3, 0.4) is 0 Å². The first-order valence-electron chi connectivity index (χ1n) is 11.6. The standard InChI is InChI=1S/C28H25FN2O3/c29-23-11-7-18(8-12-23)13-15-31-25(22-6-3-14-30-17-22)24(27(33)28(31)34)26(32)21-10-9-19-4-1-2-5-20(19)16-21/h3,6-12,14,16-17,25,32H,1-2,4-5,13,15H2/b26-24-. The maximum atomic E-state index is 13.3. The SMILES string of the molecule is O=C1C(=O)N(CCc2ccc(F)cc2)C(c2cccnc2)/C1=C(/O)c1ccc2c(c1)CCCC2. The minimum absolute atomic E-state index is 0.0767. The molecule has 1 N–H and O–H groups in total. The highest BCUT2D eigenvalue weighted by molar-refractivity contribution is 6.46. The summed E-state index contributed by atoms with van der Waals surface area (Å²) in [6.07, 6.45) is 7.88. The molecule has 0 radical (unpaired) electrons. The van der Waals surface area contributed by atoms with Crippen molar-refractivity contribution in [3.8, 4) is 0 Å². The van der Waals surface area contributed by atoms with Crippen molar-refractivity contribution >= 4 is 17.4 Å². The lowest BCUT2D eigenvalue weighted by Crippen LogP contribution is -2.31. The van der Waals surface area contributed by atoms with Gasteiger partial charge >= 0.3 is 0 Å². The van der Waals surface area contributed by atoms with Gasteiger partial charge in [-0.1, -0.05) is 30.3 Å². The number of aryl methyl sites for hydroxylation is 2. The Kier molecular flexibility index (Phi) is 5.97. The highest BCUT2D eigenvalue weighted by Crippen LogP contribution is 2.39. The van der Waals surface area contributed by atoms with E-state index < -0.39 is 17.7 Å². The van der Waals surface area contributed by atoms with Gasteiger partial charge in [0.05, 0.1) is 11.6 Å². The molecule has 2 aliphatic rings. The number of ketones is 1. The molecule has 1 aliphatic carbocycles. The summed E-state index contributed by atoms with van der Waals surface area (Å²) in [7, 11) is 0. The molecule has 2 aromatic carbocycles. The quantitative estimate of drug-likeness (QED) is 0.341. The highest BCUT2D eigenvalue weighted by Gasteiger charge is 2.46. The highest BCUT2D eigenvalue weighted by atomic mass is 19.1. The molecule has 1 aromatic heterocycles. The van der Waals surface area contributed by atoms with Gasteiger partial charge in [-0.2, -0.15) is 0 Å². The van der Waals surface area contributed by atoms with Gasteiger partial charge in [0.15, 0.2) is 0 Å². The molecule has 1 atom stereocenters. The maximum absolute atomic E-state index is 13.3. The molecule has 5 nitrogen and oxygen atoms in total. The number of benzene rings is 2. The molecule has 2 heterocycles. The molecular weight excluding hydrogens is 431 g/mol. The number of hydrogen-bond donors (Lipinski definition) is 1. The number of aliphatic hydroxyl groups is 1. The minimum Gasteiger partial charge on any atom is -0.507 e. The molecule has 172 valence electrons. The van der Waals surface area contributed by atoms with E-state index in [9.17, 15) is 19.1 Å². The summed E-state index contributed by atoms with van der Waals surface area (Å²) in [6.45, 7) is 0.247. The van der Waals surface area contributed by atoms with Crippen molar-refractivity contribution in [2.45, 2.75) is 38.1 Å². The van der Waals surface area contributed by atoms with Crippen molar-refractivity contribution < 1.29 is 19.1 Å². The van der Waals surface area contributed by atoms with Crippen LogP contribution in [0.2, 0.25) is 0 Å². The molecule has 0 saturated carbocycles. The van der Waals surface area contributed by atoms with Crippen LogP contribution in [0.25, 0.3) is 5.76 Å². The third-order valence-corrected chi connectivity index (χ3v) is 6.72. The molecule has 3 aromatic rings. The third-order valence-electron chi connectivity index (χ3n) is 6.72. The van der Waals surface area contributed by atoms with Crippen LogP contribution >= 0.6 is 0 Å². The lowest BCUT2D eigenvalue weighted by Gasteiger charge is -2.25. The van der Waals surface area contributed by atoms with E-state index in [0.717, 1.165) is 31.2 Å². The fourth-order valence-electron chi connectivity index (χ4n) is 4.93. The van der Waals surface area contributed by atoms with Crippen LogP contribution < -0.4 is 0 Å². The number of hydrogen-bond acceptors (Lipinski definition) is 4. The average Bonchev–Trinajstić information content (AvgIpc) is 3.13. The zero-order chi connectivity index (χ0) is 23.7. The average molecular weight is 457 g/mol. The number of carbonyl (C=O) groups excluding carboxylic acids is 2. The van der Waals surface area contributed by atoms with E-state index in [1.165, 1.54) is 28.2 Å². The first-order valence-corrected chi connectivity index (χ1v) is 11.6. The molecule has 0 spiro atoms. The second-order valence-electron chi connectivity index (χ2n) is 8.85. The Morgan fingerprint density at radius 2 is 1.79 bits per heavy atom. The van der Waals surface area contributed by atoms with Gasteiger partial charge in [0, 0.05) is 24.5 Å². The van der Waals surface area contributed by atoms with Gasteiger partial charge in [-0.25, -0.2) is 4.39 Å². The van der Waals surface area contributed by atoms with Crippen molar-refractivity contribution in [1.29, 1.82) is 0 Å². The summed E-state index contributed by atoms with van der Waals surface area (Å²) < 4.78 is 13.3. The number of fused-ring (bicyclic) bond motifs is 1. The number of aliphatic hydroxyl groups excluding tert-OH is 1. The Morgan fingerprint density at radius 1 is 1.03 bits per heavy atom. The number of pyridine rings is 1. The summed E-state index contributed by atoms with van der Waals surface area (Å²) in [6, 6.07) is 14.6. The Labute approximate surface area is 197 Å². The molecule has 1 fully saturated rings. The van der Waals surface area contributed by atoms with E-state index in [-0.39, 0.29) is 23.7 Å². The summed E-state index contributed by atoms with van der Waals surface area (Å²) in [4.78, 5) is 31.9.